The average Bonchev–Trinajstić information content (AvgIpc) is 3.47. The first-order valence-electron chi connectivity index (χ1n) is 11.2. The monoisotopic (exact) mass is 487 g/mol. The van der Waals surface area contributed by atoms with Gasteiger partial charge in [-0.05, 0) is 48.6 Å². The molecule has 5 nitrogen and oxygen atoms in total. The minimum atomic E-state index is -0.415. The Morgan fingerprint density at radius 2 is 1.91 bits per heavy atom. The smallest absolute Gasteiger partial charge is 0.234 e. The van der Waals surface area contributed by atoms with Crippen molar-refractivity contribution in [2.24, 2.45) is 5.92 Å². The normalized spacial score (nSPS) is 15.8. The van der Waals surface area contributed by atoms with Gasteiger partial charge in [0.1, 0.15) is 0 Å². The number of nitrogens with zero attached hydrogens (tertiary/aromatic N) is 3. The molecule has 1 saturated heterocycles. The summed E-state index contributed by atoms with van der Waals surface area (Å²) in [5.41, 5.74) is 3.88. The molecule has 0 aliphatic carbocycles. The fraction of sp³-hybridized carbons (Fsp3) is 0.222. The van der Waals surface area contributed by atoms with Crippen LogP contribution in [-0.2, 0) is 16.1 Å². The molecule has 0 radical (unpaired) electrons. The molecule has 1 fully saturated rings. The van der Waals surface area contributed by atoms with Crippen molar-refractivity contribution in [3.8, 4) is 0 Å². The zero-order valence-electron chi connectivity index (χ0n) is 19.1. The van der Waals surface area contributed by atoms with E-state index in [1.165, 1.54) is 11.3 Å². The van der Waals surface area contributed by atoms with Gasteiger partial charge in [-0.25, -0.2) is 4.98 Å². The first-order chi connectivity index (χ1) is 16.5. The van der Waals surface area contributed by atoms with Crippen LogP contribution in [-0.4, -0.2) is 29.6 Å². The number of hydrogen-bond donors (Lipinski definition) is 0. The molecule has 1 atom stereocenters. The maximum atomic E-state index is 13.9. The standard InChI is InChI=1S/C27H25N3O2S2/c1-18-8-6-13-23-25(18)28-27(34-23)30(16-19-9-4-3-5-10-19)26(32)20-14-24(31)29(17-20)21-11-7-12-22(15-21)33-2/h3-13,15,20H,14,16-17H2,1-2H3. The Bertz CT molecular complexity index is 1350. The number of aryl methyl sites for hydroxylation is 1. The maximum Gasteiger partial charge on any atom is 0.234 e. The van der Waals surface area contributed by atoms with Gasteiger partial charge in [0.05, 0.1) is 22.7 Å². The zero-order valence-corrected chi connectivity index (χ0v) is 20.7. The summed E-state index contributed by atoms with van der Waals surface area (Å²) >= 11 is 3.16. The molecule has 1 aromatic heterocycles. The molecule has 5 rings (SSSR count). The number of carbonyl (C=O) groups is 2. The molecule has 2 heterocycles. The number of fused-ring (bicyclic) bond motifs is 1. The summed E-state index contributed by atoms with van der Waals surface area (Å²) in [5, 5.41) is 0.674. The number of aromatic nitrogens is 1. The summed E-state index contributed by atoms with van der Waals surface area (Å²) in [7, 11) is 0. The number of hydrogen-bond acceptors (Lipinski definition) is 5. The lowest BCUT2D eigenvalue weighted by atomic mass is 10.1. The van der Waals surface area contributed by atoms with Crippen molar-refractivity contribution < 1.29 is 9.59 Å². The lowest BCUT2D eigenvalue weighted by molar-refractivity contribution is -0.124. The van der Waals surface area contributed by atoms with Gasteiger partial charge in [-0.15, -0.1) is 11.8 Å². The van der Waals surface area contributed by atoms with Gasteiger partial charge >= 0.3 is 0 Å². The SMILES string of the molecule is CSc1cccc(N2CC(C(=O)N(Cc3ccccc3)c3nc4c(C)cccc4s3)CC2=O)c1. The van der Waals surface area contributed by atoms with Gasteiger partial charge in [0.2, 0.25) is 11.8 Å². The third kappa shape index (κ3) is 4.45. The van der Waals surface area contributed by atoms with Crippen molar-refractivity contribution in [3.63, 3.8) is 0 Å². The maximum absolute atomic E-state index is 13.9. The van der Waals surface area contributed by atoms with Crippen LogP contribution in [0, 0.1) is 12.8 Å². The van der Waals surface area contributed by atoms with Gasteiger partial charge in [0.15, 0.2) is 5.13 Å². The van der Waals surface area contributed by atoms with Gasteiger partial charge < -0.3 is 4.90 Å². The molecule has 172 valence electrons. The van der Waals surface area contributed by atoms with Crippen LogP contribution in [0.3, 0.4) is 0 Å². The van der Waals surface area contributed by atoms with Crippen molar-refractivity contribution in [1.29, 1.82) is 0 Å². The van der Waals surface area contributed by atoms with Crippen LogP contribution in [0.15, 0.2) is 77.7 Å². The van der Waals surface area contributed by atoms with Gasteiger partial charge in [0.25, 0.3) is 0 Å². The van der Waals surface area contributed by atoms with Crippen LogP contribution in [0.5, 0.6) is 0 Å². The number of benzene rings is 3. The highest BCUT2D eigenvalue weighted by Crippen LogP contribution is 2.34. The van der Waals surface area contributed by atoms with Crippen molar-refractivity contribution in [2.45, 2.75) is 24.8 Å². The minimum absolute atomic E-state index is 0.0172. The Labute approximate surface area is 207 Å². The Morgan fingerprint density at radius 1 is 1.12 bits per heavy atom. The largest absolute Gasteiger partial charge is 0.312 e. The summed E-state index contributed by atoms with van der Waals surface area (Å²) in [6.45, 7) is 2.83. The van der Waals surface area contributed by atoms with Crippen LogP contribution in [0.2, 0.25) is 0 Å². The van der Waals surface area contributed by atoms with Gasteiger partial charge in [-0.2, -0.15) is 0 Å². The molecule has 1 aliphatic rings. The second-order valence-corrected chi connectivity index (χ2v) is 10.3. The van der Waals surface area contributed by atoms with Crippen LogP contribution in [0.4, 0.5) is 10.8 Å². The van der Waals surface area contributed by atoms with Gasteiger partial charge in [-0.3, -0.25) is 14.5 Å². The fourth-order valence-electron chi connectivity index (χ4n) is 4.32. The molecule has 34 heavy (non-hydrogen) atoms. The molecular formula is C27H25N3O2S2. The zero-order chi connectivity index (χ0) is 23.7. The van der Waals surface area contributed by atoms with E-state index >= 15 is 0 Å². The van der Waals surface area contributed by atoms with Crippen molar-refractivity contribution in [2.75, 3.05) is 22.6 Å². The van der Waals surface area contributed by atoms with E-state index in [9.17, 15) is 9.59 Å². The Hall–Kier alpha value is -3.16. The second-order valence-electron chi connectivity index (χ2n) is 8.43. The summed E-state index contributed by atoms with van der Waals surface area (Å²) in [6, 6.07) is 23.9. The Kier molecular flexibility index (Phi) is 6.39. The molecule has 4 aromatic rings. The Morgan fingerprint density at radius 3 is 2.68 bits per heavy atom. The van der Waals surface area contributed by atoms with E-state index in [0.29, 0.717) is 18.2 Å². The third-order valence-corrected chi connectivity index (χ3v) is 7.90. The minimum Gasteiger partial charge on any atom is -0.312 e. The van der Waals surface area contributed by atoms with Crippen LogP contribution in [0.25, 0.3) is 10.2 Å². The molecule has 3 aromatic carbocycles. The van der Waals surface area contributed by atoms with E-state index in [4.69, 9.17) is 4.98 Å². The van der Waals surface area contributed by atoms with Gasteiger partial charge in [0, 0.05) is 23.5 Å². The first kappa shape index (κ1) is 22.6. The quantitative estimate of drug-likeness (QED) is 0.317. The molecule has 2 amide bonds. The second kappa shape index (κ2) is 9.60. The van der Waals surface area contributed by atoms with E-state index in [2.05, 4.69) is 0 Å². The molecular weight excluding hydrogens is 462 g/mol. The topological polar surface area (TPSA) is 53.5 Å². The fourth-order valence-corrected chi connectivity index (χ4v) is 5.82. The lowest BCUT2D eigenvalue weighted by Gasteiger charge is -2.23. The molecule has 0 N–H and O–H groups in total. The number of rotatable bonds is 6. The predicted molar refractivity (Wildman–Crippen MR) is 141 cm³/mol. The Balaban J connectivity index is 1.46. The van der Waals surface area contributed by atoms with E-state index < -0.39 is 5.92 Å². The average molecular weight is 488 g/mol. The first-order valence-corrected chi connectivity index (χ1v) is 13.2. The third-order valence-electron chi connectivity index (χ3n) is 6.13. The predicted octanol–water partition coefficient (Wildman–Crippen LogP) is 5.91. The van der Waals surface area contributed by atoms with E-state index in [1.807, 2.05) is 86.0 Å². The highest BCUT2D eigenvalue weighted by molar-refractivity contribution is 7.98. The van der Waals surface area contributed by atoms with Crippen molar-refractivity contribution >= 4 is 55.9 Å². The van der Waals surface area contributed by atoms with Crippen molar-refractivity contribution in [3.05, 3.63) is 83.9 Å². The molecule has 7 heteroatoms. The number of para-hydroxylation sites is 1. The molecule has 0 saturated carbocycles. The highest BCUT2D eigenvalue weighted by Gasteiger charge is 2.38. The lowest BCUT2D eigenvalue weighted by Crippen LogP contribution is -2.37. The number of thiazole rings is 1. The van der Waals surface area contributed by atoms with Crippen LogP contribution in [0.1, 0.15) is 17.5 Å². The van der Waals surface area contributed by atoms with E-state index in [0.717, 1.165) is 31.9 Å². The molecule has 0 bridgehead atoms. The van der Waals surface area contributed by atoms with E-state index in [-0.39, 0.29) is 18.2 Å². The summed E-state index contributed by atoms with van der Waals surface area (Å²) in [5.74, 6) is -0.490. The van der Waals surface area contributed by atoms with E-state index in [1.54, 1.807) is 21.6 Å². The summed E-state index contributed by atoms with van der Waals surface area (Å²) in [6.07, 6.45) is 2.22. The number of anilines is 2. The van der Waals surface area contributed by atoms with Gasteiger partial charge in [-0.1, -0.05) is 59.9 Å². The molecule has 1 aliphatic heterocycles. The summed E-state index contributed by atoms with van der Waals surface area (Å²) in [4.78, 5) is 36.2. The van der Waals surface area contributed by atoms with Crippen LogP contribution < -0.4 is 9.80 Å². The molecule has 0 spiro atoms. The number of amides is 2. The highest BCUT2D eigenvalue weighted by atomic mass is 32.2. The van der Waals surface area contributed by atoms with Crippen molar-refractivity contribution in [1.82, 2.24) is 4.98 Å². The summed E-state index contributed by atoms with van der Waals surface area (Å²) < 4.78 is 1.05. The van der Waals surface area contributed by atoms with Crippen LogP contribution >= 0.6 is 23.1 Å². The number of carbonyl (C=O) groups excluding carboxylic acids is 2. The number of thioether (sulfide) groups is 1. The molecule has 1 unspecified atom stereocenters.